The van der Waals surface area contributed by atoms with Gasteiger partial charge in [0.25, 0.3) is 0 Å². The van der Waals surface area contributed by atoms with E-state index >= 15 is 0 Å². The molecule has 1 nitrogen and oxygen atoms in total. The average Bonchev–Trinajstić information content (AvgIpc) is 2.73. The monoisotopic (exact) mass is 207 g/mol. The zero-order valence-corrected chi connectivity index (χ0v) is 10.1. The highest BCUT2D eigenvalue weighted by molar-refractivity contribution is 5.00. The predicted molar refractivity (Wildman–Crippen MR) is 66.0 cm³/mol. The maximum atomic E-state index is 2.76. The summed E-state index contributed by atoms with van der Waals surface area (Å²) in [5.41, 5.74) is 0. The van der Waals surface area contributed by atoms with Crippen LogP contribution in [0.3, 0.4) is 0 Å². The van der Waals surface area contributed by atoms with Crippen LogP contribution >= 0.6 is 0 Å². The molecule has 15 heavy (non-hydrogen) atoms. The molecule has 0 saturated carbocycles. The molecule has 0 spiro atoms. The van der Waals surface area contributed by atoms with Crippen molar-refractivity contribution in [2.75, 3.05) is 6.54 Å². The summed E-state index contributed by atoms with van der Waals surface area (Å²) in [6.07, 6.45) is 16.1. The zero-order valence-electron chi connectivity index (χ0n) is 10.1. The van der Waals surface area contributed by atoms with Gasteiger partial charge in [0.15, 0.2) is 0 Å². The summed E-state index contributed by atoms with van der Waals surface area (Å²) in [5, 5.41) is 0. The highest BCUT2D eigenvalue weighted by atomic mass is 15.2. The van der Waals surface area contributed by atoms with Crippen LogP contribution in [-0.2, 0) is 0 Å². The van der Waals surface area contributed by atoms with E-state index in [2.05, 4.69) is 24.0 Å². The van der Waals surface area contributed by atoms with Crippen LogP contribution in [-0.4, -0.2) is 23.5 Å². The number of nitrogens with zero attached hydrogens (tertiary/aromatic N) is 1. The molecule has 0 unspecified atom stereocenters. The third kappa shape index (κ3) is 2.84. The van der Waals surface area contributed by atoms with Gasteiger partial charge in [0, 0.05) is 12.1 Å². The third-order valence-corrected chi connectivity index (χ3v) is 3.97. The Labute approximate surface area is 94.5 Å². The smallest absolute Gasteiger partial charge is 0.0281 e. The molecule has 2 saturated heterocycles. The Balaban J connectivity index is 1.82. The van der Waals surface area contributed by atoms with Crippen LogP contribution in [0.4, 0.5) is 0 Å². The summed E-state index contributed by atoms with van der Waals surface area (Å²) in [7, 11) is 0. The first-order chi connectivity index (χ1) is 7.42. The quantitative estimate of drug-likeness (QED) is 0.501. The minimum atomic E-state index is 0.781. The van der Waals surface area contributed by atoms with E-state index in [1.165, 1.54) is 57.9 Å². The van der Waals surface area contributed by atoms with Gasteiger partial charge in [-0.15, -0.1) is 0 Å². The van der Waals surface area contributed by atoms with Crippen molar-refractivity contribution in [3.8, 4) is 0 Å². The van der Waals surface area contributed by atoms with Crippen molar-refractivity contribution < 1.29 is 0 Å². The molecular weight excluding hydrogens is 182 g/mol. The summed E-state index contributed by atoms with van der Waals surface area (Å²) in [6.45, 7) is 3.62. The molecule has 0 aliphatic carbocycles. The number of hydrogen-bond donors (Lipinski definition) is 0. The van der Waals surface area contributed by atoms with Crippen molar-refractivity contribution in [3.63, 3.8) is 0 Å². The summed E-state index contributed by atoms with van der Waals surface area (Å²) >= 11 is 0. The van der Waals surface area contributed by atoms with E-state index in [4.69, 9.17) is 0 Å². The summed E-state index contributed by atoms with van der Waals surface area (Å²) in [5.74, 6) is 0. The van der Waals surface area contributed by atoms with Gasteiger partial charge < -0.3 is 0 Å². The van der Waals surface area contributed by atoms with Crippen molar-refractivity contribution >= 4 is 0 Å². The van der Waals surface area contributed by atoms with Crippen LogP contribution in [0.25, 0.3) is 0 Å². The lowest BCUT2D eigenvalue weighted by Crippen LogP contribution is -2.41. The number of allylic oxidation sites excluding steroid dienone is 1. The second-order valence-electron chi connectivity index (χ2n) is 5.10. The fraction of sp³-hybridized carbons (Fsp3) is 0.857. The van der Waals surface area contributed by atoms with Crippen molar-refractivity contribution in [2.24, 2.45) is 0 Å². The van der Waals surface area contributed by atoms with Gasteiger partial charge in [-0.25, -0.2) is 0 Å². The molecule has 0 radical (unpaired) electrons. The topological polar surface area (TPSA) is 3.24 Å². The van der Waals surface area contributed by atoms with Gasteiger partial charge in [0.2, 0.25) is 0 Å². The van der Waals surface area contributed by atoms with Gasteiger partial charge in [-0.3, -0.25) is 4.90 Å². The fourth-order valence-corrected chi connectivity index (χ4v) is 3.12. The van der Waals surface area contributed by atoms with E-state index in [9.17, 15) is 0 Å². The molecule has 0 aromatic carbocycles. The van der Waals surface area contributed by atoms with Gasteiger partial charge in [-0.05, 0) is 38.6 Å². The van der Waals surface area contributed by atoms with Crippen LogP contribution in [0, 0.1) is 0 Å². The van der Waals surface area contributed by atoms with Gasteiger partial charge >= 0.3 is 0 Å². The molecule has 0 aromatic rings. The number of unbranched alkanes of at least 4 members (excludes halogenated alkanes) is 2. The molecule has 0 aromatic heterocycles. The molecule has 86 valence electrons. The Bertz CT molecular complexity index is 209. The second kappa shape index (κ2) is 5.69. The summed E-state index contributed by atoms with van der Waals surface area (Å²) < 4.78 is 0. The molecular formula is C14H25N. The number of piperidine rings is 1. The van der Waals surface area contributed by atoms with Crippen molar-refractivity contribution in [1.82, 2.24) is 4.90 Å². The van der Waals surface area contributed by atoms with Crippen LogP contribution < -0.4 is 0 Å². The molecule has 2 atom stereocenters. The lowest BCUT2D eigenvalue weighted by Gasteiger charge is -2.36. The van der Waals surface area contributed by atoms with Gasteiger partial charge in [-0.2, -0.15) is 0 Å². The SMILES string of the molecule is CCCC/C=C/[C@@H]1CCC[C@@H]2CCCN21. The number of fused-ring (bicyclic) bond motifs is 1. The molecule has 2 heterocycles. The molecule has 0 N–H and O–H groups in total. The van der Waals surface area contributed by atoms with Crippen molar-refractivity contribution in [3.05, 3.63) is 12.2 Å². The maximum absolute atomic E-state index is 2.76. The normalized spacial score (nSPS) is 32.3. The molecule has 2 aliphatic rings. The van der Waals surface area contributed by atoms with Gasteiger partial charge in [0.05, 0.1) is 0 Å². The standard InChI is InChI=1S/C14H25N/c1-2-3-4-5-8-13-9-6-10-14-11-7-12-15(13)14/h5,8,13-14H,2-4,6-7,9-12H2,1H3/b8-5+/t13-,14-/m1/s1. The average molecular weight is 207 g/mol. The van der Waals surface area contributed by atoms with E-state index in [1.54, 1.807) is 0 Å². The lowest BCUT2D eigenvalue weighted by atomic mass is 9.96. The Kier molecular flexibility index (Phi) is 4.25. The molecule has 2 aliphatic heterocycles. The second-order valence-corrected chi connectivity index (χ2v) is 5.10. The Hall–Kier alpha value is -0.300. The Morgan fingerprint density at radius 2 is 2.07 bits per heavy atom. The van der Waals surface area contributed by atoms with E-state index < -0.39 is 0 Å². The molecule has 2 fully saturated rings. The summed E-state index contributed by atoms with van der Waals surface area (Å²) in [4.78, 5) is 2.76. The number of hydrogen-bond acceptors (Lipinski definition) is 1. The molecule has 1 heteroatoms. The zero-order chi connectivity index (χ0) is 10.5. The van der Waals surface area contributed by atoms with Crippen molar-refractivity contribution in [1.29, 1.82) is 0 Å². The van der Waals surface area contributed by atoms with E-state index in [1.807, 2.05) is 0 Å². The van der Waals surface area contributed by atoms with Crippen LogP contribution in [0.1, 0.15) is 58.3 Å². The first-order valence-electron chi connectivity index (χ1n) is 6.84. The van der Waals surface area contributed by atoms with Crippen LogP contribution in [0.5, 0.6) is 0 Å². The summed E-state index contributed by atoms with van der Waals surface area (Å²) in [6, 6.07) is 1.71. The molecule has 2 rings (SSSR count). The first kappa shape index (κ1) is 11.2. The third-order valence-electron chi connectivity index (χ3n) is 3.97. The van der Waals surface area contributed by atoms with Gasteiger partial charge in [0.1, 0.15) is 0 Å². The van der Waals surface area contributed by atoms with E-state index in [0.717, 1.165) is 12.1 Å². The molecule has 0 amide bonds. The highest BCUT2D eigenvalue weighted by Crippen LogP contribution is 2.31. The molecule has 0 bridgehead atoms. The minimum absolute atomic E-state index is 0.781. The van der Waals surface area contributed by atoms with Crippen LogP contribution in [0.15, 0.2) is 12.2 Å². The van der Waals surface area contributed by atoms with E-state index in [-0.39, 0.29) is 0 Å². The number of rotatable bonds is 4. The maximum Gasteiger partial charge on any atom is 0.0281 e. The Morgan fingerprint density at radius 3 is 2.93 bits per heavy atom. The Morgan fingerprint density at radius 1 is 1.20 bits per heavy atom. The minimum Gasteiger partial charge on any atom is -0.294 e. The van der Waals surface area contributed by atoms with E-state index in [0.29, 0.717) is 0 Å². The van der Waals surface area contributed by atoms with Crippen molar-refractivity contribution in [2.45, 2.75) is 70.4 Å². The van der Waals surface area contributed by atoms with Crippen LogP contribution in [0.2, 0.25) is 0 Å². The highest BCUT2D eigenvalue weighted by Gasteiger charge is 2.32. The lowest BCUT2D eigenvalue weighted by molar-refractivity contribution is 0.152. The van der Waals surface area contributed by atoms with Gasteiger partial charge in [-0.1, -0.05) is 38.3 Å². The predicted octanol–water partition coefficient (Wildman–Crippen LogP) is 3.75. The fourth-order valence-electron chi connectivity index (χ4n) is 3.12. The first-order valence-corrected chi connectivity index (χ1v) is 6.84. The largest absolute Gasteiger partial charge is 0.294 e.